The normalized spacial score (nSPS) is 13.7. The molecule has 2 unspecified atom stereocenters. The van der Waals surface area contributed by atoms with Crippen LogP contribution in [0.3, 0.4) is 0 Å². The summed E-state index contributed by atoms with van der Waals surface area (Å²) < 4.78 is 28.8. The Hall–Kier alpha value is -2.58. The monoisotopic (exact) mass is 547 g/mol. The molecule has 0 aliphatic rings. The minimum absolute atomic E-state index is 0.0477. The fraction of sp³-hybridized carbons (Fsp3) is 0.567. The third kappa shape index (κ3) is 9.95. The molecule has 0 saturated heterocycles. The lowest BCUT2D eigenvalue weighted by Crippen LogP contribution is -2.33. The van der Waals surface area contributed by atoms with Gasteiger partial charge in [-0.3, -0.25) is 0 Å². The Bertz CT molecular complexity index is 1190. The summed E-state index contributed by atoms with van der Waals surface area (Å²) in [5.41, 5.74) is 5.16. The molecule has 0 fully saturated rings. The van der Waals surface area contributed by atoms with Crippen LogP contribution in [-0.4, -0.2) is 60.9 Å². The predicted molar refractivity (Wildman–Crippen MR) is 153 cm³/mol. The van der Waals surface area contributed by atoms with Gasteiger partial charge in [0.05, 0.1) is 11.9 Å². The number of hydrogen-bond donors (Lipinski definition) is 2. The lowest BCUT2D eigenvalue weighted by Gasteiger charge is -2.26. The van der Waals surface area contributed by atoms with E-state index in [1.54, 1.807) is 0 Å². The first-order chi connectivity index (χ1) is 17.6. The molecule has 0 aromatic heterocycles. The number of sulfone groups is 1. The average Bonchev–Trinajstić information content (AvgIpc) is 2.81. The smallest absolute Gasteiger partial charge is 0.407 e. The van der Waals surface area contributed by atoms with Crippen LogP contribution < -0.4 is 4.74 Å². The number of ether oxygens (including phenoxy) is 1. The molecule has 0 spiro atoms. The molecule has 2 N–H and O–H groups in total. The molecule has 8 heteroatoms. The standard InChI is InChI=1S/C30H45NO6S/c1-8-24(25-13-14-27(22(3)18-25)37-20-28(32)30(4,5)6)11-9-23-10-12-26(21(2)17-23)19-31(29(33)34)15-16-38(7,35)36/h10,12-14,17-18,24,28,32H,8-9,11,15-16,19-20H2,1-7H3,(H,33,34). The summed E-state index contributed by atoms with van der Waals surface area (Å²) in [5, 5.41) is 19.8. The van der Waals surface area contributed by atoms with E-state index in [1.807, 2.05) is 52.8 Å². The van der Waals surface area contributed by atoms with E-state index in [2.05, 4.69) is 25.1 Å². The Balaban J connectivity index is 2.03. The summed E-state index contributed by atoms with van der Waals surface area (Å²) in [5.74, 6) is 0.992. The summed E-state index contributed by atoms with van der Waals surface area (Å²) in [6.45, 7) is 12.5. The highest BCUT2D eigenvalue weighted by Gasteiger charge is 2.23. The second kappa shape index (κ2) is 13.5. The largest absolute Gasteiger partial charge is 0.491 e. The first kappa shape index (κ1) is 31.6. The van der Waals surface area contributed by atoms with Crippen LogP contribution in [-0.2, 0) is 22.8 Å². The number of carboxylic acid groups (broad SMARTS) is 1. The van der Waals surface area contributed by atoms with Crippen molar-refractivity contribution < 1.29 is 28.2 Å². The van der Waals surface area contributed by atoms with Crippen molar-refractivity contribution in [2.24, 2.45) is 5.41 Å². The van der Waals surface area contributed by atoms with Crippen LogP contribution in [0.4, 0.5) is 4.79 Å². The third-order valence-electron chi connectivity index (χ3n) is 7.11. The topological polar surface area (TPSA) is 104 Å². The Kier molecular flexibility index (Phi) is 11.2. The van der Waals surface area contributed by atoms with Crippen molar-refractivity contribution in [3.8, 4) is 5.75 Å². The minimum Gasteiger partial charge on any atom is -0.491 e. The molecule has 2 rings (SSSR count). The quantitative estimate of drug-likeness (QED) is 0.331. The van der Waals surface area contributed by atoms with Gasteiger partial charge in [0.25, 0.3) is 0 Å². The summed E-state index contributed by atoms with van der Waals surface area (Å²) in [7, 11) is -3.24. The Morgan fingerprint density at radius 2 is 1.76 bits per heavy atom. The Morgan fingerprint density at radius 3 is 2.29 bits per heavy atom. The second-order valence-corrected chi connectivity index (χ2v) is 13.7. The van der Waals surface area contributed by atoms with Gasteiger partial charge in [-0.1, -0.05) is 58.0 Å². The third-order valence-corrected chi connectivity index (χ3v) is 8.04. The maximum absolute atomic E-state index is 11.6. The highest BCUT2D eigenvalue weighted by atomic mass is 32.2. The lowest BCUT2D eigenvalue weighted by molar-refractivity contribution is 0.0216. The van der Waals surface area contributed by atoms with Crippen molar-refractivity contribution in [3.63, 3.8) is 0 Å². The lowest BCUT2D eigenvalue weighted by atomic mass is 9.88. The second-order valence-electron chi connectivity index (χ2n) is 11.5. The van der Waals surface area contributed by atoms with E-state index < -0.39 is 22.0 Å². The number of aryl methyl sites for hydroxylation is 3. The highest BCUT2D eigenvalue weighted by Crippen LogP contribution is 2.30. The number of hydrogen-bond acceptors (Lipinski definition) is 5. The van der Waals surface area contributed by atoms with Gasteiger partial charge in [-0.05, 0) is 78.3 Å². The van der Waals surface area contributed by atoms with E-state index in [0.717, 1.165) is 52.9 Å². The number of amides is 1. The highest BCUT2D eigenvalue weighted by molar-refractivity contribution is 7.90. The number of carbonyl (C=O) groups is 1. The predicted octanol–water partition coefficient (Wildman–Crippen LogP) is 5.74. The zero-order chi connectivity index (χ0) is 28.7. The first-order valence-corrected chi connectivity index (χ1v) is 15.3. The van der Waals surface area contributed by atoms with Crippen molar-refractivity contribution in [1.29, 1.82) is 0 Å². The van der Waals surface area contributed by atoms with E-state index >= 15 is 0 Å². The first-order valence-electron chi connectivity index (χ1n) is 13.3. The van der Waals surface area contributed by atoms with Crippen molar-refractivity contribution in [2.45, 2.75) is 79.4 Å². The molecule has 0 saturated carbocycles. The fourth-order valence-corrected chi connectivity index (χ4v) is 4.82. The minimum atomic E-state index is -3.24. The zero-order valence-corrected chi connectivity index (χ0v) is 24.8. The SMILES string of the molecule is CCC(CCc1ccc(CN(CCS(C)(=O)=O)C(=O)O)c(C)c1)c1ccc(OCC(O)C(C)(C)C)c(C)c1. The Morgan fingerprint density at radius 1 is 1.08 bits per heavy atom. The molecule has 38 heavy (non-hydrogen) atoms. The van der Waals surface area contributed by atoms with Crippen molar-refractivity contribution in [2.75, 3.05) is 25.2 Å². The Labute approximate surface area is 228 Å². The molecule has 2 aromatic rings. The van der Waals surface area contributed by atoms with E-state index in [1.165, 1.54) is 11.1 Å². The fourth-order valence-electron chi connectivity index (χ4n) is 4.27. The number of nitrogens with zero attached hydrogens (tertiary/aromatic N) is 1. The van der Waals surface area contributed by atoms with Crippen LogP contribution in [0.25, 0.3) is 0 Å². The van der Waals surface area contributed by atoms with E-state index in [-0.39, 0.29) is 30.9 Å². The van der Waals surface area contributed by atoms with Gasteiger partial charge in [-0.25, -0.2) is 13.2 Å². The molecule has 0 radical (unpaired) electrons. The average molecular weight is 548 g/mol. The van der Waals surface area contributed by atoms with Crippen molar-refractivity contribution in [1.82, 2.24) is 4.90 Å². The number of rotatable bonds is 13. The van der Waals surface area contributed by atoms with E-state index in [4.69, 9.17) is 4.74 Å². The maximum Gasteiger partial charge on any atom is 0.407 e. The van der Waals surface area contributed by atoms with Gasteiger partial charge in [-0.15, -0.1) is 0 Å². The molecule has 2 aromatic carbocycles. The summed E-state index contributed by atoms with van der Waals surface area (Å²) in [6, 6.07) is 12.4. The van der Waals surface area contributed by atoms with Gasteiger partial charge < -0.3 is 19.8 Å². The van der Waals surface area contributed by atoms with Crippen LogP contribution in [0, 0.1) is 19.3 Å². The summed E-state index contributed by atoms with van der Waals surface area (Å²) in [4.78, 5) is 12.8. The molecule has 1 amide bonds. The van der Waals surface area contributed by atoms with Crippen LogP contribution in [0.1, 0.15) is 74.3 Å². The molecule has 0 heterocycles. The van der Waals surface area contributed by atoms with Crippen LogP contribution in [0.15, 0.2) is 36.4 Å². The summed E-state index contributed by atoms with van der Waals surface area (Å²) in [6.07, 6.45) is 2.32. The van der Waals surface area contributed by atoms with Gasteiger partial charge in [0.15, 0.2) is 0 Å². The van der Waals surface area contributed by atoms with Gasteiger partial charge in [0, 0.05) is 19.3 Å². The van der Waals surface area contributed by atoms with E-state index in [9.17, 15) is 23.4 Å². The molecule has 0 aliphatic carbocycles. The van der Waals surface area contributed by atoms with Gasteiger partial charge in [0.1, 0.15) is 22.2 Å². The number of aliphatic hydroxyl groups excluding tert-OH is 1. The number of aliphatic hydroxyl groups is 1. The van der Waals surface area contributed by atoms with Crippen molar-refractivity contribution in [3.05, 3.63) is 64.2 Å². The molecular formula is C30H45NO6S. The molecule has 212 valence electrons. The zero-order valence-electron chi connectivity index (χ0n) is 24.0. The van der Waals surface area contributed by atoms with Crippen LogP contribution in [0.2, 0.25) is 0 Å². The molecular weight excluding hydrogens is 502 g/mol. The van der Waals surface area contributed by atoms with E-state index in [0.29, 0.717) is 5.92 Å². The molecule has 2 atom stereocenters. The van der Waals surface area contributed by atoms with Crippen LogP contribution >= 0.6 is 0 Å². The van der Waals surface area contributed by atoms with Gasteiger partial charge in [0.2, 0.25) is 0 Å². The van der Waals surface area contributed by atoms with Gasteiger partial charge >= 0.3 is 6.09 Å². The molecule has 7 nitrogen and oxygen atoms in total. The summed E-state index contributed by atoms with van der Waals surface area (Å²) >= 11 is 0. The van der Waals surface area contributed by atoms with Gasteiger partial charge in [-0.2, -0.15) is 0 Å². The number of benzene rings is 2. The molecule has 0 aliphatic heterocycles. The molecule has 0 bridgehead atoms. The van der Waals surface area contributed by atoms with Crippen LogP contribution in [0.5, 0.6) is 5.75 Å². The van der Waals surface area contributed by atoms with Crippen molar-refractivity contribution >= 4 is 15.9 Å². The maximum atomic E-state index is 11.6.